The van der Waals surface area contributed by atoms with Gasteiger partial charge in [-0.05, 0) is 17.7 Å². The van der Waals surface area contributed by atoms with E-state index in [0.29, 0.717) is 11.8 Å². The predicted octanol–water partition coefficient (Wildman–Crippen LogP) is 2.10. The Morgan fingerprint density at radius 3 is 3.05 bits per heavy atom. The van der Waals surface area contributed by atoms with Crippen molar-refractivity contribution in [1.82, 2.24) is 10.2 Å². The molecule has 2 aliphatic rings. The van der Waals surface area contributed by atoms with Crippen LogP contribution in [0.4, 0.5) is 4.39 Å². The molecule has 20 heavy (non-hydrogen) atoms. The van der Waals surface area contributed by atoms with Crippen molar-refractivity contribution in [3.8, 4) is 0 Å². The highest BCUT2D eigenvalue weighted by atomic mass is 32.2. The molecular formula is C14H17FN2OS2. The maximum absolute atomic E-state index is 13.4. The van der Waals surface area contributed by atoms with Gasteiger partial charge in [0.05, 0.1) is 6.54 Å². The first-order valence-corrected chi connectivity index (χ1v) is 8.92. The van der Waals surface area contributed by atoms with Crippen LogP contribution < -0.4 is 5.32 Å². The van der Waals surface area contributed by atoms with Gasteiger partial charge < -0.3 is 4.90 Å². The molecule has 0 bridgehead atoms. The lowest BCUT2D eigenvalue weighted by atomic mass is 10.1. The number of rotatable bonds is 3. The van der Waals surface area contributed by atoms with Gasteiger partial charge in [0.2, 0.25) is 5.91 Å². The summed E-state index contributed by atoms with van der Waals surface area (Å²) in [6.07, 6.45) is -0.189. The van der Waals surface area contributed by atoms with Crippen LogP contribution in [0.5, 0.6) is 0 Å². The number of nitrogens with one attached hydrogen (secondary N) is 1. The number of carbonyl (C=O) groups is 1. The molecule has 1 aromatic carbocycles. The molecule has 3 rings (SSSR count). The summed E-state index contributed by atoms with van der Waals surface area (Å²) in [4.78, 5) is 13.9. The van der Waals surface area contributed by atoms with Gasteiger partial charge in [-0.15, -0.1) is 0 Å². The van der Waals surface area contributed by atoms with Crippen molar-refractivity contribution < 1.29 is 9.18 Å². The van der Waals surface area contributed by atoms with Crippen LogP contribution in [0.2, 0.25) is 0 Å². The Hall–Kier alpha value is -0.720. The minimum Gasteiger partial charge on any atom is -0.321 e. The maximum atomic E-state index is 13.4. The van der Waals surface area contributed by atoms with E-state index in [-0.39, 0.29) is 17.9 Å². The molecule has 0 radical (unpaired) electrons. The van der Waals surface area contributed by atoms with Crippen molar-refractivity contribution in [1.29, 1.82) is 0 Å². The van der Waals surface area contributed by atoms with E-state index in [4.69, 9.17) is 0 Å². The molecule has 2 atom stereocenters. The van der Waals surface area contributed by atoms with Crippen LogP contribution in [0.15, 0.2) is 24.3 Å². The standard InChI is InChI=1S/C14H17FN2OS2/c15-11-3-1-2-10(6-11)14-16-7-13(18)17(14)8-12-9-19-4-5-20-12/h1-3,6,12,14,16H,4-5,7-9H2. The molecule has 2 heterocycles. The first-order valence-electron chi connectivity index (χ1n) is 6.72. The van der Waals surface area contributed by atoms with Crippen LogP contribution in [0.25, 0.3) is 0 Å². The summed E-state index contributed by atoms with van der Waals surface area (Å²) in [5.74, 6) is 3.28. The van der Waals surface area contributed by atoms with Gasteiger partial charge >= 0.3 is 0 Å². The van der Waals surface area contributed by atoms with Crippen molar-refractivity contribution in [2.24, 2.45) is 0 Å². The first kappa shape index (κ1) is 14.2. The second kappa shape index (κ2) is 6.37. The third kappa shape index (κ3) is 3.13. The number of benzene rings is 1. The zero-order chi connectivity index (χ0) is 13.9. The Kier molecular flexibility index (Phi) is 4.53. The van der Waals surface area contributed by atoms with E-state index < -0.39 is 0 Å². The molecule has 6 heteroatoms. The van der Waals surface area contributed by atoms with Crippen molar-refractivity contribution >= 4 is 29.4 Å². The number of hydrogen-bond acceptors (Lipinski definition) is 4. The molecule has 0 aromatic heterocycles. The number of halogens is 1. The third-order valence-corrected chi connectivity index (χ3v) is 6.36. The predicted molar refractivity (Wildman–Crippen MR) is 82.4 cm³/mol. The summed E-state index contributed by atoms with van der Waals surface area (Å²) >= 11 is 3.88. The van der Waals surface area contributed by atoms with Gasteiger partial charge in [-0.25, -0.2) is 4.39 Å². The van der Waals surface area contributed by atoms with Crippen LogP contribution in [-0.4, -0.2) is 46.4 Å². The van der Waals surface area contributed by atoms with Gasteiger partial charge in [0.1, 0.15) is 12.0 Å². The lowest BCUT2D eigenvalue weighted by Gasteiger charge is -2.30. The lowest BCUT2D eigenvalue weighted by Crippen LogP contribution is -2.37. The highest BCUT2D eigenvalue weighted by Gasteiger charge is 2.33. The molecule has 1 N–H and O–H groups in total. The molecule has 1 amide bonds. The van der Waals surface area contributed by atoms with Crippen molar-refractivity contribution in [2.75, 3.05) is 30.3 Å². The highest BCUT2D eigenvalue weighted by molar-refractivity contribution is 8.06. The van der Waals surface area contributed by atoms with Crippen LogP contribution in [0.1, 0.15) is 11.7 Å². The van der Waals surface area contributed by atoms with Crippen molar-refractivity contribution in [3.05, 3.63) is 35.6 Å². The summed E-state index contributed by atoms with van der Waals surface area (Å²) in [5.41, 5.74) is 0.823. The maximum Gasteiger partial charge on any atom is 0.238 e. The molecule has 2 aliphatic heterocycles. The first-order chi connectivity index (χ1) is 9.74. The van der Waals surface area contributed by atoms with Crippen LogP contribution in [-0.2, 0) is 4.79 Å². The van der Waals surface area contributed by atoms with Crippen molar-refractivity contribution in [3.63, 3.8) is 0 Å². The van der Waals surface area contributed by atoms with E-state index in [1.165, 1.54) is 17.9 Å². The van der Waals surface area contributed by atoms with Gasteiger partial charge in [0, 0.05) is 29.1 Å². The highest BCUT2D eigenvalue weighted by Crippen LogP contribution is 2.29. The molecular weight excluding hydrogens is 295 g/mol. The smallest absolute Gasteiger partial charge is 0.238 e. The number of thioether (sulfide) groups is 2. The quantitative estimate of drug-likeness (QED) is 0.926. The third-order valence-electron chi connectivity index (χ3n) is 3.53. The average molecular weight is 312 g/mol. The number of hydrogen-bond donors (Lipinski definition) is 1. The summed E-state index contributed by atoms with van der Waals surface area (Å²) in [7, 11) is 0. The lowest BCUT2D eigenvalue weighted by molar-refractivity contribution is -0.128. The molecule has 2 fully saturated rings. The fraction of sp³-hybridized carbons (Fsp3) is 0.500. The van der Waals surface area contributed by atoms with Crippen LogP contribution in [0.3, 0.4) is 0 Å². The Bertz CT molecular complexity index is 494. The monoisotopic (exact) mass is 312 g/mol. The van der Waals surface area contributed by atoms with Gasteiger partial charge in [-0.3, -0.25) is 10.1 Å². The van der Waals surface area contributed by atoms with E-state index in [0.717, 1.165) is 23.6 Å². The van der Waals surface area contributed by atoms with Gasteiger partial charge in [-0.2, -0.15) is 23.5 Å². The molecule has 0 spiro atoms. The largest absolute Gasteiger partial charge is 0.321 e. The zero-order valence-corrected chi connectivity index (χ0v) is 12.7. The normalized spacial score (nSPS) is 27.1. The topological polar surface area (TPSA) is 32.3 Å². The number of carbonyl (C=O) groups excluding carboxylic acids is 1. The van der Waals surface area contributed by atoms with Crippen molar-refractivity contribution in [2.45, 2.75) is 11.4 Å². The minimum atomic E-state index is -0.258. The Morgan fingerprint density at radius 2 is 2.30 bits per heavy atom. The molecule has 2 unspecified atom stereocenters. The van der Waals surface area contributed by atoms with E-state index in [1.54, 1.807) is 6.07 Å². The molecule has 3 nitrogen and oxygen atoms in total. The van der Waals surface area contributed by atoms with E-state index in [1.807, 2.05) is 34.5 Å². The Balaban J connectivity index is 1.74. The summed E-state index contributed by atoms with van der Waals surface area (Å²) in [5, 5.41) is 3.66. The fourth-order valence-corrected chi connectivity index (χ4v) is 5.25. The van der Waals surface area contributed by atoms with Gasteiger partial charge in [0.25, 0.3) is 0 Å². The minimum absolute atomic E-state index is 0.107. The SMILES string of the molecule is O=C1CNC(c2cccc(F)c2)N1CC1CSCCS1. The Morgan fingerprint density at radius 1 is 1.40 bits per heavy atom. The van der Waals surface area contributed by atoms with Gasteiger partial charge in [-0.1, -0.05) is 12.1 Å². The second-order valence-corrected chi connectivity index (χ2v) is 7.51. The molecule has 108 valence electrons. The molecule has 2 saturated heterocycles. The summed E-state index contributed by atoms with van der Waals surface area (Å²) in [6.45, 7) is 1.08. The molecule has 0 saturated carbocycles. The van der Waals surface area contributed by atoms with Crippen LogP contribution >= 0.6 is 23.5 Å². The number of nitrogens with zero attached hydrogens (tertiary/aromatic N) is 1. The summed E-state index contributed by atoms with van der Waals surface area (Å²) < 4.78 is 13.4. The number of amides is 1. The van der Waals surface area contributed by atoms with E-state index in [9.17, 15) is 9.18 Å². The average Bonchev–Trinajstić information content (AvgIpc) is 2.82. The van der Waals surface area contributed by atoms with Gasteiger partial charge in [0.15, 0.2) is 0 Å². The molecule has 1 aromatic rings. The van der Waals surface area contributed by atoms with E-state index >= 15 is 0 Å². The van der Waals surface area contributed by atoms with E-state index in [2.05, 4.69) is 5.32 Å². The Labute approximate surface area is 126 Å². The summed E-state index contributed by atoms with van der Waals surface area (Å²) in [6, 6.07) is 6.50. The zero-order valence-electron chi connectivity index (χ0n) is 11.0. The fourth-order valence-electron chi connectivity index (χ4n) is 2.58. The molecule has 0 aliphatic carbocycles. The second-order valence-electron chi connectivity index (χ2n) is 4.95. The van der Waals surface area contributed by atoms with Crippen LogP contribution in [0, 0.1) is 5.82 Å².